The summed E-state index contributed by atoms with van der Waals surface area (Å²) in [5.41, 5.74) is 0.298. The Kier molecular flexibility index (Phi) is 4.72. The molecule has 0 atom stereocenters. The Morgan fingerprint density at radius 3 is 2.33 bits per heavy atom. The van der Waals surface area contributed by atoms with Crippen LogP contribution in [-0.2, 0) is 11.0 Å². The van der Waals surface area contributed by atoms with Gasteiger partial charge >= 0.3 is 12.1 Å². The molecule has 138 valence electrons. The highest BCUT2D eigenvalue weighted by molar-refractivity contribution is 6.46. The molecular formula is C17H9F4N3O3. The number of ketones is 1. The third-order valence-corrected chi connectivity index (χ3v) is 3.36. The number of hydrogen-bond acceptors (Lipinski definition) is 5. The number of rotatable bonds is 4. The molecule has 0 saturated heterocycles. The minimum absolute atomic E-state index is 0.115. The normalized spacial score (nSPS) is 11.3. The maximum atomic E-state index is 13.1. The van der Waals surface area contributed by atoms with Gasteiger partial charge in [-0.2, -0.15) is 18.2 Å². The predicted octanol–water partition coefficient (Wildman–Crippen LogP) is 3.72. The number of carbonyl (C=O) groups is 2. The van der Waals surface area contributed by atoms with Gasteiger partial charge in [0, 0.05) is 16.8 Å². The first kappa shape index (κ1) is 18.2. The summed E-state index contributed by atoms with van der Waals surface area (Å²) in [7, 11) is 0. The van der Waals surface area contributed by atoms with Crippen molar-refractivity contribution in [1.82, 2.24) is 10.1 Å². The van der Waals surface area contributed by atoms with Crippen LogP contribution in [0.5, 0.6) is 0 Å². The Morgan fingerprint density at radius 2 is 1.74 bits per heavy atom. The van der Waals surface area contributed by atoms with E-state index < -0.39 is 29.6 Å². The van der Waals surface area contributed by atoms with Crippen molar-refractivity contribution >= 4 is 17.4 Å². The SMILES string of the molecule is O=C(Nc1ccc(-c2noc(C(F)(F)F)n2)cc1)C(=O)c1cccc(F)c1. The van der Waals surface area contributed by atoms with Gasteiger partial charge in [0.1, 0.15) is 5.82 Å². The second kappa shape index (κ2) is 6.98. The molecular weight excluding hydrogens is 370 g/mol. The number of benzene rings is 2. The number of aromatic nitrogens is 2. The summed E-state index contributed by atoms with van der Waals surface area (Å²) in [5.74, 6) is -4.35. The monoisotopic (exact) mass is 379 g/mol. The number of amides is 1. The van der Waals surface area contributed by atoms with Gasteiger partial charge in [0.25, 0.3) is 11.7 Å². The quantitative estimate of drug-likeness (QED) is 0.424. The first-order valence-corrected chi connectivity index (χ1v) is 7.36. The van der Waals surface area contributed by atoms with Crippen LogP contribution in [0.3, 0.4) is 0 Å². The Hall–Kier alpha value is -3.56. The van der Waals surface area contributed by atoms with Gasteiger partial charge in [-0.3, -0.25) is 9.59 Å². The van der Waals surface area contributed by atoms with Crippen LogP contribution in [-0.4, -0.2) is 21.8 Å². The van der Waals surface area contributed by atoms with Gasteiger partial charge in [-0.25, -0.2) is 4.39 Å². The van der Waals surface area contributed by atoms with Crippen molar-refractivity contribution in [3.8, 4) is 11.4 Å². The molecule has 2 aromatic carbocycles. The van der Waals surface area contributed by atoms with E-state index >= 15 is 0 Å². The molecule has 1 N–H and O–H groups in total. The van der Waals surface area contributed by atoms with Crippen LogP contribution in [0, 0.1) is 5.82 Å². The Balaban J connectivity index is 1.71. The van der Waals surface area contributed by atoms with Crippen molar-refractivity contribution in [3.63, 3.8) is 0 Å². The van der Waals surface area contributed by atoms with Gasteiger partial charge in [0.05, 0.1) is 0 Å². The number of nitrogens with zero attached hydrogens (tertiary/aromatic N) is 2. The molecule has 0 saturated carbocycles. The lowest BCUT2D eigenvalue weighted by molar-refractivity contribution is -0.159. The van der Waals surface area contributed by atoms with Crippen LogP contribution in [0.4, 0.5) is 23.2 Å². The molecule has 1 heterocycles. The smallest absolute Gasteiger partial charge is 0.329 e. The van der Waals surface area contributed by atoms with Crippen LogP contribution in [0.2, 0.25) is 0 Å². The molecule has 0 aliphatic carbocycles. The maximum Gasteiger partial charge on any atom is 0.471 e. The summed E-state index contributed by atoms with van der Waals surface area (Å²) in [4.78, 5) is 27.2. The highest BCUT2D eigenvalue weighted by atomic mass is 19.4. The molecule has 0 aliphatic rings. The summed E-state index contributed by atoms with van der Waals surface area (Å²) < 4.78 is 54.7. The van der Waals surface area contributed by atoms with Crippen LogP contribution in [0.25, 0.3) is 11.4 Å². The lowest BCUT2D eigenvalue weighted by atomic mass is 10.1. The third kappa shape index (κ3) is 4.17. The zero-order chi connectivity index (χ0) is 19.6. The van der Waals surface area contributed by atoms with Crippen LogP contribution < -0.4 is 5.32 Å². The zero-order valence-electron chi connectivity index (χ0n) is 13.2. The lowest BCUT2D eigenvalue weighted by Crippen LogP contribution is -2.22. The second-order valence-electron chi connectivity index (χ2n) is 5.29. The molecule has 27 heavy (non-hydrogen) atoms. The Bertz CT molecular complexity index is 997. The summed E-state index contributed by atoms with van der Waals surface area (Å²) >= 11 is 0. The fourth-order valence-corrected chi connectivity index (χ4v) is 2.11. The summed E-state index contributed by atoms with van der Waals surface area (Å²) in [6.07, 6.45) is -4.75. The van der Waals surface area contributed by atoms with E-state index in [1.165, 1.54) is 36.4 Å². The highest BCUT2D eigenvalue weighted by Crippen LogP contribution is 2.29. The Labute approximate surface area is 148 Å². The van der Waals surface area contributed by atoms with Crippen molar-refractivity contribution in [1.29, 1.82) is 0 Å². The molecule has 1 aromatic heterocycles. The molecule has 6 nitrogen and oxygen atoms in total. The molecule has 3 aromatic rings. The maximum absolute atomic E-state index is 13.1. The fraction of sp³-hybridized carbons (Fsp3) is 0.0588. The molecule has 0 unspecified atom stereocenters. The summed E-state index contributed by atoms with van der Waals surface area (Å²) in [6, 6.07) is 10.0. The Morgan fingerprint density at radius 1 is 1.04 bits per heavy atom. The molecule has 0 bridgehead atoms. The average molecular weight is 379 g/mol. The largest absolute Gasteiger partial charge is 0.471 e. The fourth-order valence-electron chi connectivity index (χ4n) is 2.11. The standard InChI is InChI=1S/C17H9F4N3O3/c18-11-3-1-2-10(8-11)13(25)15(26)22-12-6-4-9(5-7-12)14-23-16(27-24-14)17(19,20)21/h1-8H,(H,22,26). The van der Waals surface area contributed by atoms with Crippen molar-refractivity contribution in [2.45, 2.75) is 6.18 Å². The van der Waals surface area contributed by atoms with Gasteiger partial charge in [0.15, 0.2) is 0 Å². The van der Waals surface area contributed by atoms with Gasteiger partial charge in [-0.05, 0) is 36.4 Å². The van der Waals surface area contributed by atoms with E-state index in [9.17, 15) is 27.2 Å². The van der Waals surface area contributed by atoms with Gasteiger partial charge in [0.2, 0.25) is 5.82 Å². The van der Waals surface area contributed by atoms with E-state index in [2.05, 4.69) is 20.0 Å². The van der Waals surface area contributed by atoms with E-state index in [0.717, 1.165) is 12.1 Å². The summed E-state index contributed by atoms with van der Waals surface area (Å²) in [5, 5.41) is 5.55. The summed E-state index contributed by atoms with van der Waals surface area (Å²) in [6.45, 7) is 0. The molecule has 0 fully saturated rings. The average Bonchev–Trinajstić information content (AvgIpc) is 3.12. The molecule has 0 spiro atoms. The first-order valence-electron chi connectivity index (χ1n) is 7.36. The second-order valence-corrected chi connectivity index (χ2v) is 5.29. The number of hydrogen-bond donors (Lipinski definition) is 1. The zero-order valence-corrected chi connectivity index (χ0v) is 13.2. The van der Waals surface area contributed by atoms with E-state index in [1.54, 1.807) is 0 Å². The molecule has 1 amide bonds. The van der Waals surface area contributed by atoms with E-state index in [1.807, 2.05) is 0 Å². The van der Waals surface area contributed by atoms with Crippen molar-refractivity contribution in [2.75, 3.05) is 5.32 Å². The number of anilines is 1. The minimum atomic E-state index is -4.75. The number of nitrogens with one attached hydrogen (secondary N) is 1. The van der Waals surface area contributed by atoms with E-state index in [-0.39, 0.29) is 22.6 Å². The van der Waals surface area contributed by atoms with Gasteiger partial charge in [-0.15, -0.1) is 0 Å². The number of Topliss-reactive ketones (excluding diaryl/α,β-unsaturated/α-hetero) is 1. The van der Waals surface area contributed by atoms with Gasteiger partial charge < -0.3 is 9.84 Å². The molecule has 3 rings (SSSR count). The number of halogens is 4. The van der Waals surface area contributed by atoms with E-state index in [4.69, 9.17) is 0 Å². The lowest BCUT2D eigenvalue weighted by Gasteiger charge is -2.05. The highest BCUT2D eigenvalue weighted by Gasteiger charge is 2.38. The number of alkyl halides is 3. The van der Waals surface area contributed by atoms with Crippen molar-refractivity contribution in [2.24, 2.45) is 0 Å². The molecule has 10 heteroatoms. The van der Waals surface area contributed by atoms with Gasteiger partial charge in [-0.1, -0.05) is 17.3 Å². The minimum Gasteiger partial charge on any atom is -0.329 e. The van der Waals surface area contributed by atoms with E-state index in [0.29, 0.717) is 0 Å². The first-order chi connectivity index (χ1) is 12.7. The van der Waals surface area contributed by atoms with Crippen LogP contribution >= 0.6 is 0 Å². The predicted molar refractivity (Wildman–Crippen MR) is 84.1 cm³/mol. The van der Waals surface area contributed by atoms with Crippen LogP contribution in [0.1, 0.15) is 16.2 Å². The number of carbonyl (C=O) groups excluding carboxylic acids is 2. The molecule has 0 radical (unpaired) electrons. The van der Waals surface area contributed by atoms with Crippen LogP contribution in [0.15, 0.2) is 53.1 Å². The third-order valence-electron chi connectivity index (χ3n) is 3.36. The molecule has 0 aliphatic heterocycles. The van der Waals surface area contributed by atoms with Crippen molar-refractivity contribution < 1.29 is 31.7 Å². The topological polar surface area (TPSA) is 85.1 Å². The van der Waals surface area contributed by atoms with Crippen molar-refractivity contribution in [3.05, 3.63) is 65.8 Å².